The van der Waals surface area contributed by atoms with Crippen molar-refractivity contribution in [1.29, 1.82) is 5.26 Å². The lowest BCUT2D eigenvalue weighted by atomic mass is 9.97. The van der Waals surface area contributed by atoms with Crippen molar-refractivity contribution < 1.29 is 30.1 Å². The molecule has 1 N–H and O–H groups in total. The molecule has 3 aromatic rings. The molecule has 1 aromatic carbocycles. The Balaban J connectivity index is 1.68. The largest absolute Gasteiger partial charge is 0.332 e. The van der Waals surface area contributed by atoms with Gasteiger partial charge in [0.15, 0.2) is 5.69 Å². The number of nitriles is 1. The number of rotatable bonds is 8. The third kappa shape index (κ3) is 4.91. The second kappa shape index (κ2) is 9.40. The van der Waals surface area contributed by atoms with Crippen LogP contribution in [-0.4, -0.2) is 64.9 Å². The number of sulfonamides is 2. The standard InChI is InChI=1S/C24H27F2N7O5S2/c1-14(2)40(36,37)33-9-5-15(6-10-33)17-11-16(39(34,35)31-24(13-27)7-8-24)12-18-19(29-32(4)20(17)18)21-28-22(30-38-21)23(3,25)26/h5,11-12,14,31H,6-10H2,1-4H3. The van der Waals surface area contributed by atoms with Crippen molar-refractivity contribution in [2.45, 2.75) is 61.6 Å². The fraction of sp³-hybridized carbons (Fsp3) is 0.500. The third-order valence-electron chi connectivity index (χ3n) is 7.01. The van der Waals surface area contributed by atoms with Gasteiger partial charge in [-0.05, 0) is 50.8 Å². The van der Waals surface area contributed by atoms with Gasteiger partial charge < -0.3 is 4.52 Å². The molecule has 0 amide bonds. The number of hydrogen-bond donors (Lipinski definition) is 1. The Morgan fingerprint density at radius 3 is 2.45 bits per heavy atom. The van der Waals surface area contributed by atoms with E-state index in [1.165, 1.54) is 21.1 Å². The normalized spacial score (nSPS) is 18.2. The molecule has 0 saturated heterocycles. The first-order valence-corrected chi connectivity index (χ1v) is 15.4. The molecule has 0 bridgehead atoms. The molecule has 0 radical (unpaired) electrons. The molecule has 5 rings (SSSR count). The third-order valence-corrected chi connectivity index (χ3v) is 10.8. The smallest absolute Gasteiger partial charge is 0.307 e. The van der Waals surface area contributed by atoms with Crippen LogP contribution in [0.4, 0.5) is 8.78 Å². The van der Waals surface area contributed by atoms with Gasteiger partial charge in [0.1, 0.15) is 5.54 Å². The summed E-state index contributed by atoms with van der Waals surface area (Å²) in [5.41, 5.74) is 0.420. The molecule has 0 spiro atoms. The van der Waals surface area contributed by atoms with Gasteiger partial charge in [-0.1, -0.05) is 11.2 Å². The Labute approximate surface area is 229 Å². The number of halogens is 2. The minimum absolute atomic E-state index is 0.000593. The van der Waals surface area contributed by atoms with Gasteiger partial charge in [0.2, 0.25) is 25.9 Å². The topological polar surface area (TPSA) is 164 Å². The zero-order valence-electron chi connectivity index (χ0n) is 22.1. The average Bonchev–Trinajstić information content (AvgIpc) is 3.30. The molecule has 1 aliphatic heterocycles. The number of hydrogen-bond acceptors (Lipinski definition) is 9. The van der Waals surface area contributed by atoms with Crippen molar-refractivity contribution in [1.82, 2.24) is 28.9 Å². The Morgan fingerprint density at radius 1 is 1.23 bits per heavy atom. The maximum absolute atomic E-state index is 13.8. The highest BCUT2D eigenvalue weighted by Crippen LogP contribution is 2.39. The van der Waals surface area contributed by atoms with Crippen LogP contribution < -0.4 is 4.72 Å². The van der Waals surface area contributed by atoms with E-state index in [-0.39, 0.29) is 41.4 Å². The molecule has 0 atom stereocenters. The zero-order valence-corrected chi connectivity index (χ0v) is 23.8. The van der Waals surface area contributed by atoms with Crippen LogP contribution in [-0.2, 0) is 33.0 Å². The van der Waals surface area contributed by atoms with E-state index in [1.54, 1.807) is 27.0 Å². The van der Waals surface area contributed by atoms with Crippen LogP contribution in [0.1, 0.15) is 51.4 Å². The molecule has 1 aliphatic carbocycles. The van der Waals surface area contributed by atoms with Gasteiger partial charge in [-0.25, -0.2) is 16.8 Å². The van der Waals surface area contributed by atoms with Crippen LogP contribution in [0.15, 0.2) is 27.6 Å². The molecule has 1 fully saturated rings. The van der Waals surface area contributed by atoms with Gasteiger partial charge in [0.05, 0.1) is 21.7 Å². The summed E-state index contributed by atoms with van der Waals surface area (Å²) in [7, 11) is -6.10. The SMILES string of the molecule is CC(C)S(=O)(=O)N1CC=C(c2cc(S(=O)(=O)NC3(C#N)CC3)cc3c(-c4nc(C(C)(F)F)no4)nn(C)c23)CC1. The number of nitrogens with one attached hydrogen (secondary N) is 1. The maximum atomic E-state index is 13.8. The van der Waals surface area contributed by atoms with E-state index in [4.69, 9.17) is 4.52 Å². The first kappa shape index (κ1) is 28.3. The fourth-order valence-electron chi connectivity index (χ4n) is 4.55. The summed E-state index contributed by atoms with van der Waals surface area (Å²) in [6.45, 7) is 4.09. The van der Waals surface area contributed by atoms with Crippen molar-refractivity contribution in [3.63, 3.8) is 0 Å². The molecule has 0 unspecified atom stereocenters. The van der Waals surface area contributed by atoms with Crippen molar-refractivity contribution in [3.8, 4) is 17.7 Å². The average molecular weight is 596 g/mol. The van der Waals surface area contributed by atoms with E-state index in [2.05, 4.69) is 20.0 Å². The lowest BCUT2D eigenvalue weighted by Gasteiger charge is -2.28. The van der Waals surface area contributed by atoms with Crippen molar-refractivity contribution in [2.75, 3.05) is 13.1 Å². The summed E-state index contributed by atoms with van der Waals surface area (Å²) in [6.07, 6.45) is 2.75. The molecule has 40 heavy (non-hydrogen) atoms. The molecular formula is C24H27F2N7O5S2. The fourth-order valence-corrected chi connectivity index (χ4v) is 7.20. The first-order chi connectivity index (χ1) is 18.6. The Morgan fingerprint density at radius 2 is 1.93 bits per heavy atom. The van der Waals surface area contributed by atoms with Crippen molar-refractivity contribution >= 4 is 36.5 Å². The highest BCUT2D eigenvalue weighted by Gasteiger charge is 2.47. The molecule has 214 valence electrons. The minimum Gasteiger partial charge on any atom is -0.332 e. The summed E-state index contributed by atoms with van der Waals surface area (Å²) in [5.74, 6) is -4.54. The summed E-state index contributed by atoms with van der Waals surface area (Å²) >= 11 is 0. The van der Waals surface area contributed by atoms with Gasteiger partial charge in [0, 0.05) is 38.0 Å². The van der Waals surface area contributed by atoms with Gasteiger partial charge in [-0.3, -0.25) is 4.68 Å². The molecule has 2 aromatic heterocycles. The van der Waals surface area contributed by atoms with Crippen LogP contribution in [0, 0.1) is 11.3 Å². The zero-order chi connectivity index (χ0) is 29.3. The summed E-state index contributed by atoms with van der Waals surface area (Å²) in [4.78, 5) is 3.61. The lowest BCUT2D eigenvalue weighted by Crippen LogP contribution is -2.39. The predicted molar refractivity (Wildman–Crippen MR) is 140 cm³/mol. The van der Waals surface area contributed by atoms with E-state index in [0.29, 0.717) is 36.4 Å². The first-order valence-electron chi connectivity index (χ1n) is 12.4. The van der Waals surface area contributed by atoms with Crippen LogP contribution in [0.2, 0.25) is 0 Å². The lowest BCUT2D eigenvalue weighted by molar-refractivity contribution is 0.00559. The molecule has 2 aliphatic rings. The number of aromatic nitrogens is 4. The van der Waals surface area contributed by atoms with E-state index >= 15 is 0 Å². The number of benzene rings is 1. The number of fused-ring (bicyclic) bond motifs is 1. The van der Waals surface area contributed by atoms with E-state index in [1.807, 2.05) is 6.07 Å². The highest BCUT2D eigenvalue weighted by molar-refractivity contribution is 7.89. The molecule has 16 heteroatoms. The Kier molecular flexibility index (Phi) is 6.64. The minimum atomic E-state index is -4.20. The number of aryl methyl sites for hydroxylation is 1. The summed E-state index contributed by atoms with van der Waals surface area (Å²) in [5, 5.41) is 16.8. The molecule has 1 saturated carbocycles. The number of nitrogens with zero attached hydrogens (tertiary/aromatic N) is 6. The monoisotopic (exact) mass is 595 g/mol. The van der Waals surface area contributed by atoms with Crippen LogP contribution in [0.5, 0.6) is 0 Å². The number of alkyl halides is 2. The Bertz CT molecular complexity index is 1790. The summed E-state index contributed by atoms with van der Waals surface area (Å²) in [6, 6.07) is 4.76. The van der Waals surface area contributed by atoms with E-state index in [9.17, 15) is 30.9 Å². The van der Waals surface area contributed by atoms with Gasteiger partial charge in [0.25, 0.3) is 5.89 Å². The second-order valence-corrected chi connectivity index (χ2v) is 14.6. The van der Waals surface area contributed by atoms with Crippen molar-refractivity contribution in [2.24, 2.45) is 7.05 Å². The van der Waals surface area contributed by atoms with E-state index < -0.39 is 42.6 Å². The highest BCUT2D eigenvalue weighted by atomic mass is 32.2. The maximum Gasteiger partial charge on any atom is 0.307 e. The van der Waals surface area contributed by atoms with Gasteiger partial charge in [-0.15, -0.1) is 0 Å². The summed E-state index contributed by atoms with van der Waals surface area (Å²) < 4.78 is 90.2. The van der Waals surface area contributed by atoms with Gasteiger partial charge >= 0.3 is 5.92 Å². The van der Waals surface area contributed by atoms with Crippen LogP contribution >= 0.6 is 0 Å². The predicted octanol–water partition coefficient (Wildman–Crippen LogP) is 2.90. The quantitative estimate of drug-likeness (QED) is 0.412. The van der Waals surface area contributed by atoms with Crippen LogP contribution in [0.25, 0.3) is 28.1 Å². The van der Waals surface area contributed by atoms with Crippen molar-refractivity contribution in [3.05, 3.63) is 29.6 Å². The van der Waals surface area contributed by atoms with E-state index in [0.717, 1.165) is 0 Å². The Hall–Kier alpha value is -3.26. The molecular weight excluding hydrogens is 568 g/mol. The van der Waals surface area contributed by atoms with Gasteiger partial charge in [-0.2, -0.15) is 33.2 Å². The second-order valence-electron chi connectivity index (χ2n) is 10.4. The molecule has 3 heterocycles. The molecule has 12 nitrogen and oxygen atoms in total. The van der Waals surface area contributed by atoms with Crippen LogP contribution in [0.3, 0.4) is 0 Å².